The molecule has 0 aliphatic carbocycles. The van der Waals surface area contributed by atoms with Gasteiger partial charge in [-0.1, -0.05) is 36.7 Å². The van der Waals surface area contributed by atoms with Crippen LogP contribution in [0.5, 0.6) is 0 Å². The average molecular weight is 493 g/mol. The van der Waals surface area contributed by atoms with Gasteiger partial charge in [0, 0.05) is 24.8 Å². The van der Waals surface area contributed by atoms with Crippen molar-refractivity contribution in [2.45, 2.75) is 30.7 Å². The van der Waals surface area contributed by atoms with Gasteiger partial charge in [0.1, 0.15) is 12.1 Å². The number of nitrogens with one attached hydrogen (secondary N) is 2. The van der Waals surface area contributed by atoms with Crippen LogP contribution >= 0.6 is 11.6 Å². The van der Waals surface area contributed by atoms with Crippen molar-refractivity contribution >= 4 is 45.2 Å². The Bertz CT molecular complexity index is 1210. The van der Waals surface area contributed by atoms with Crippen molar-refractivity contribution in [1.82, 2.24) is 14.5 Å². The van der Waals surface area contributed by atoms with Crippen LogP contribution in [0, 0.1) is 6.92 Å². The number of benzene rings is 2. The van der Waals surface area contributed by atoms with Gasteiger partial charge in [0.05, 0.1) is 4.90 Å². The summed E-state index contributed by atoms with van der Waals surface area (Å²) in [5.41, 5.74) is 0.169. The minimum absolute atomic E-state index is 0.0103. The maximum Gasteiger partial charge on any atom is 0.325 e. The van der Waals surface area contributed by atoms with Crippen molar-refractivity contribution in [3.05, 3.63) is 58.6 Å². The summed E-state index contributed by atoms with van der Waals surface area (Å²) in [5.74, 6) is -1.18. The number of halogens is 1. The van der Waals surface area contributed by atoms with E-state index in [1.54, 1.807) is 44.2 Å². The third-order valence-electron chi connectivity index (χ3n) is 5.61. The van der Waals surface area contributed by atoms with E-state index in [0.29, 0.717) is 16.1 Å². The van der Waals surface area contributed by atoms with Crippen LogP contribution in [0.1, 0.15) is 24.5 Å². The second-order valence-corrected chi connectivity index (χ2v) is 10.5. The fourth-order valence-corrected chi connectivity index (χ4v) is 4.64. The van der Waals surface area contributed by atoms with Gasteiger partial charge in [0.15, 0.2) is 0 Å². The summed E-state index contributed by atoms with van der Waals surface area (Å²) < 4.78 is 25.9. The summed E-state index contributed by atoms with van der Waals surface area (Å²) in [4.78, 5) is 39.4. The number of hydrogen-bond acceptors (Lipinski definition) is 5. The molecule has 0 bridgehead atoms. The van der Waals surface area contributed by atoms with Gasteiger partial charge >= 0.3 is 6.03 Å². The minimum Gasteiger partial charge on any atom is -0.324 e. The van der Waals surface area contributed by atoms with E-state index in [-0.39, 0.29) is 17.0 Å². The maximum absolute atomic E-state index is 13.2. The normalized spacial score (nSPS) is 18.5. The molecule has 0 spiro atoms. The third kappa shape index (κ3) is 4.59. The molecule has 0 saturated carbocycles. The molecule has 1 fully saturated rings. The minimum atomic E-state index is -3.70. The fourth-order valence-electron chi connectivity index (χ4n) is 3.58. The highest BCUT2D eigenvalue weighted by Gasteiger charge is 2.51. The highest BCUT2D eigenvalue weighted by atomic mass is 35.5. The number of rotatable bonds is 7. The number of amides is 4. The Morgan fingerprint density at radius 1 is 1.15 bits per heavy atom. The van der Waals surface area contributed by atoms with Gasteiger partial charge in [-0.05, 0) is 48.7 Å². The van der Waals surface area contributed by atoms with Crippen LogP contribution in [0.25, 0.3) is 0 Å². The SMILES string of the molecule is CC[C@]1(c2ccc(Cl)cc2)NC(=O)N(CC(=O)Nc2cc(S(=O)(=O)N(C)C)ccc2C)C1=O. The van der Waals surface area contributed by atoms with E-state index in [4.69, 9.17) is 11.6 Å². The molecule has 1 atom stereocenters. The summed E-state index contributed by atoms with van der Waals surface area (Å²) in [7, 11) is -0.884. The number of aryl methyl sites for hydroxylation is 1. The molecule has 176 valence electrons. The van der Waals surface area contributed by atoms with E-state index >= 15 is 0 Å². The number of nitrogens with zero attached hydrogens (tertiary/aromatic N) is 2. The van der Waals surface area contributed by atoms with Crippen LogP contribution in [0.15, 0.2) is 47.4 Å². The van der Waals surface area contributed by atoms with E-state index < -0.39 is 40.0 Å². The Balaban J connectivity index is 1.82. The maximum atomic E-state index is 13.2. The molecular weight excluding hydrogens is 468 g/mol. The Morgan fingerprint density at radius 3 is 2.36 bits per heavy atom. The van der Waals surface area contributed by atoms with Crippen LogP contribution in [0.2, 0.25) is 5.02 Å². The van der Waals surface area contributed by atoms with Crippen molar-refractivity contribution in [3.8, 4) is 0 Å². The van der Waals surface area contributed by atoms with E-state index in [1.165, 1.54) is 26.2 Å². The number of sulfonamides is 1. The lowest BCUT2D eigenvalue weighted by atomic mass is 9.87. The van der Waals surface area contributed by atoms with Crippen molar-refractivity contribution in [2.75, 3.05) is 26.0 Å². The van der Waals surface area contributed by atoms with Crippen molar-refractivity contribution in [2.24, 2.45) is 0 Å². The second kappa shape index (κ2) is 9.12. The highest BCUT2D eigenvalue weighted by molar-refractivity contribution is 7.89. The molecule has 0 unspecified atom stereocenters. The van der Waals surface area contributed by atoms with Crippen LogP contribution in [0.4, 0.5) is 10.5 Å². The monoisotopic (exact) mass is 492 g/mol. The van der Waals surface area contributed by atoms with Crippen molar-refractivity contribution in [3.63, 3.8) is 0 Å². The molecule has 1 aliphatic heterocycles. The number of carbonyl (C=O) groups is 3. The first-order chi connectivity index (χ1) is 15.4. The molecule has 0 aromatic heterocycles. The lowest BCUT2D eigenvalue weighted by Gasteiger charge is -2.25. The zero-order valence-electron chi connectivity index (χ0n) is 18.7. The van der Waals surface area contributed by atoms with Gasteiger partial charge in [-0.15, -0.1) is 0 Å². The van der Waals surface area contributed by atoms with Gasteiger partial charge in [-0.2, -0.15) is 0 Å². The fraction of sp³-hybridized carbons (Fsp3) is 0.318. The molecule has 2 N–H and O–H groups in total. The van der Waals surface area contributed by atoms with Crippen molar-refractivity contribution < 1.29 is 22.8 Å². The molecule has 1 saturated heterocycles. The number of carbonyl (C=O) groups excluding carboxylic acids is 3. The van der Waals surface area contributed by atoms with Crippen LogP contribution < -0.4 is 10.6 Å². The van der Waals surface area contributed by atoms with Gasteiger partial charge in [0.2, 0.25) is 15.9 Å². The summed E-state index contributed by atoms with van der Waals surface area (Å²) in [6.07, 6.45) is 0.279. The molecule has 3 rings (SSSR count). The van der Waals surface area contributed by atoms with E-state index in [9.17, 15) is 22.8 Å². The summed E-state index contributed by atoms with van der Waals surface area (Å²) in [5, 5.41) is 5.81. The number of anilines is 1. The first kappa shape index (κ1) is 24.7. The van der Waals surface area contributed by atoms with Crippen LogP contribution in [-0.2, 0) is 25.2 Å². The molecule has 1 aliphatic rings. The summed E-state index contributed by atoms with van der Waals surface area (Å²) in [6, 6.07) is 10.2. The third-order valence-corrected chi connectivity index (χ3v) is 7.67. The number of imide groups is 1. The van der Waals surface area contributed by atoms with Crippen LogP contribution in [0.3, 0.4) is 0 Å². The second-order valence-electron chi connectivity index (χ2n) is 7.90. The predicted molar refractivity (Wildman–Crippen MR) is 124 cm³/mol. The molecule has 1 heterocycles. The lowest BCUT2D eigenvalue weighted by Crippen LogP contribution is -2.44. The van der Waals surface area contributed by atoms with Crippen molar-refractivity contribution in [1.29, 1.82) is 0 Å². The van der Waals surface area contributed by atoms with E-state index in [0.717, 1.165) is 9.21 Å². The van der Waals surface area contributed by atoms with E-state index in [2.05, 4.69) is 10.6 Å². The summed E-state index contributed by atoms with van der Waals surface area (Å²) >= 11 is 5.94. The standard InChI is InChI=1S/C22H25ClN4O5S/c1-5-22(15-7-9-16(23)10-8-15)20(29)27(21(30)25-22)13-19(28)24-18-12-17(11-6-14(18)2)33(31,32)26(3)4/h6-12H,5,13H2,1-4H3,(H,24,28)(H,25,30)/t22-/m1/s1. The topological polar surface area (TPSA) is 116 Å². The molecule has 2 aromatic carbocycles. The van der Waals surface area contributed by atoms with Crippen LogP contribution in [-0.4, -0.2) is 56.1 Å². The average Bonchev–Trinajstić information content (AvgIpc) is 3.00. The molecule has 33 heavy (non-hydrogen) atoms. The Labute approximate surface area is 197 Å². The molecule has 2 aromatic rings. The zero-order chi connectivity index (χ0) is 24.6. The van der Waals surface area contributed by atoms with Gasteiger partial charge < -0.3 is 10.6 Å². The highest BCUT2D eigenvalue weighted by Crippen LogP contribution is 2.33. The zero-order valence-corrected chi connectivity index (χ0v) is 20.2. The molecule has 9 nitrogen and oxygen atoms in total. The largest absolute Gasteiger partial charge is 0.325 e. The quantitative estimate of drug-likeness (QED) is 0.576. The number of urea groups is 1. The molecule has 4 amide bonds. The predicted octanol–water partition coefficient (Wildman–Crippen LogP) is 2.69. The first-order valence-corrected chi connectivity index (χ1v) is 12.0. The Kier molecular flexibility index (Phi) is 6.83. The molecular formula is C22H25ClN4O5S. The first-order valence-electron chi connectivity index (χ1n) is 10.2. The molecule has 0 radical (unpaired) electrons. The summed E-state index contributed by atoms with van der Waals surface area (Å²) in [6.45, 7) is 2.94. The van der Waals surface area contributed by atoms with Gasteiger partial charge in [0.25, 0.3) is 5.91 Å². The Morgan fingerprint density at radius 2 is 1.79 bits per heavy atom. The molecule has 11 heteroatoms. The smallest absolute Gasteiger partial charge is 0.324 e. The lowest BCUT2D eigenvalue weighted by molar-refractivity contribution is -0.134. The van der Waals surface area contributed by atoms with Gasteiger partial charge in [-0.25, -0.2) is 17.5 Å². The Hall–Kier alpha value is -2.95. The number of hydrogen-bond donors (Lipinski definition) is 2. The van der Waals surface area contributed by atoms with Gasteiger partial charge in [-0.3, -0.25) is 14.5 Å². The van der Waals surface area contributed by atoms with E-state index in [1.807, 2.05) is 0 Å².